The van der Waals surface area contributed by atoms with Gasteiger partial charge in [-0.3, -0.25) is 4.98 Å². The van der Waals surface area contributed by atoms with Crippen LogP contribution in [0.25, 0.3) is 22.0 Å². The Bertz CT molecular complexity index is 1190. The quantitative estimate of drug-likeness (QED) is 0.512. The highest BCUT2D eigenvalue weighted by Crippen LogP contribution is 2.47. The molecule has 150 valence electrons. The number of fused-ring (bicyclic) bond motifs is 1. The number of aryl methyl sites for hydroxylation is 1. The Kier molecular flexibility index (Phi) is 4.89. The molecule has 1 aliphatic rings. The van der Waals surface area contributed by atoms with Crippen molar-refractivity contribution in [2.75, 3.05) is 6.61 Å². The van der Waals surface area contributed by atoms with Gasteiger partial charge in [0.15, 0.2) is 0 Å². The number of aliphatic hydroxyl groups excluding tert-OH is 1. The molecule has 0 spiro atoms. The van der Waals surface area contributed by atoms with Crippen LogP contribution in [0.15, 0.2) is 66.9 Å². The highest BCUT2D eigenvalue weighted by atomic mass is 16.5. The number of aromatic nitrogens is 3. The lowest BCUT2D eigenvalue weighted by atomic mass is 10.1. The number of nitrogens with zero attached hydrogens (tertiary/aromatic N) is 3. The first-order chi connectivity index (χ1) is 14.7. The molecular weight excluding hydrogens is 374 g/mol. The zero-order chi connectivity index (χ0) is 20.5. The Morgan fingerprint density at radius 3 is 2.67 bits per heavy atom. The standard InChI is InChI=1S/C25H23N3O2/c1-16-26-13-22(18-8-6-17(14-29)7-9-18)25(27-16)30-15-20-12-21(20)24-11-10-19-4-2-3-5-23(19)28-24/h2-11,13,20-21,29H,12,14-15H2,1H3/t20-,21+/m1/s1. The van der Waals surface area contributed by atoms with Gasteiger partial charge in [-0.1, -0.05) is 48.5 Å². The molecule has 0 aliphatic heterocycles. The minimum atomic E-state index is 0.0277. The summed E-state index contributed by atoms with van der Waals surface area (Å²) in [5.41, 5.74) is 4.90. The van der Waals surface area contributed by atoms with Crippen molar-refractivity contribution in [3.8, 4) is 17.0 Å². The van der Waals surface area contributed by atoms with Crippen molar-refractivity contribution < 1.29 is 9.84 Å². The van der Waals surface area contributed by atoms with E-state index in [1.807, 2.05) is 43.3 Å². The molecule has 0 radical (unpaired) electrons. The maximum Gasteiger partial charge on any atom is 0.224 e. The topological polar surface area (TPSA) is 68.1 Å². The van der Waals surface area contributed by atoms with Crippen LogP contribution in [0.4, 0.5) is 0 Å². The predicted octanol–water partition coefficient (Wildman–Crippen LogP) is 4.68. The van der Waals surface area contributed by atoms with Crippen molar-refractivity contribution in [1.82, 2.24) is 15.0 Å². The van der Waals surface area contributed by atoms with Gasteiger partial charge in [0, 0.05) is 29.1 Å². The summed E-state index contributed by atoms with van der Waals surface area (Å²) < 4.78 is 6.16. The summed E-state index contributed by atoms with van der Waals surface area (Å²) in [6.45, 7) is 2.50. The molecule has 2 heterocycles. The van der Waals surface area contributed by atoms with Gasteiger partial charge >= 0.3 is 0 Å². The van der Waals surface area contributed by atoms with E-state index in [0.29, 0.717) is 30.1 Å². The third kappa shape index (κ3) is 3.76. The smallest absolute Gasteiger partial charge is 0.224 e. The summed E-state index contributed by atoms with van der Waals surface area (Å²) in [6.07, 6.45) is 2.89. The van der Waals surface area contributed by atoms with Crippen LogP contribution in [0.3, 0.4) is 0 Å². The average Bonchev–Trinajstić information content (AvgIpc) is 3.57. The number of ether oxygens (including phenoxy) is 1. The molecular formula is C25H23N3O2. The van der Waals surface area contributed by atoms with Gasteiger partial charge in [0.25, 0.3) is 0 Å². The van der Waals surface area contributed by atoms with Crippen molar-refractivity contribution >= 4 is 10.9 Å². The summed E-state index contributed by atoms with van der Waals surface area (Å²) in [4.78, 5) is 13.7. The summed E-state index contributed by atoms with van der Waals surface area (Å²) in [5.74, 6) is 2.17. The molecule has 5 rings (SSSR count). The van der Waals surface area contributed by atoms with Gasteiger partial charge in [0.05, 0.1) is 24.3 Å². The number of pyridine rings is 1. The Hall–Kier alpha value is -3.31. The van der Waals surface area contributed by atoms with E-state index in [0.717, 1.165) is 34.3 Å². The molecule has 4 aromatic rings. The molecule has 5 heteroatoms. The first-order valence-corrected chi connectivity index (χ1v) is 10.2. The number of hydrogen-bond acceptors (Lipinski definition) is 5. The molecule has 30 heavy (non-hydrogen) atoms. The second-order valence-corrected chi connectivity index (χ2v) is 7.83. The Labute approximate surface area is 175 Å². The molecule has 1 aliphatic carbocycles. The molecule has 2 aromatic carbocycles. The Balaban J connectivity index is 1.31. The van der Waals surface area contributed by atoms with Crippen molar-refractivity contribution in [2.24, 2.45) is 5.92 Å². The summed E-state index contributed by atoms with van der Waals surface area (Å²) >= 11 is 0. The first-order valence-electron chi connectivity index (χ1n) is 10.2. The summed E-state index contributed by atoms with van der Waals surface area (Å²) in [6, 6.07) is 20.2. The molecule has 1 N–H and O–H groups in total. The number of benzene rings is 2. The third-order valence-corrected chi connectivity index (χ3v) is 5.68. The molecule has 0 bridgehead atoms. The SMILES string of the molecule is Cc1ncc(-c2ccc(CO)cc2)c(OC[C@H]2C[C@@H]2c2ccc3ccccc3n2)n1. The zero-order valence-corrected chi connectivity index (χ0v) is 16.8. The molecule has 0 amide bonds. The van der Waals surface area contributed by atoms with E-state index in [-0.39, 0.29) is 6.61 Å². The van der Waals surface area contributed by atoms with Crippen LogP contribution < -0.4 is 4.74 Å². The van der Waals surface area contributed by atoms with Crippen molar-refractivity contribution in [3.05, 3.63) is 83.9 Å². The first kappa shape index (κ1) is 18.7. The normalized spacial score (nSPS) is 17.8. The van der Waals surface area contributed by atoms with E-state index in [2.05, 4.69) is 34.2 Å². The lowest BCUT2D eigenvalue weighted by Gasteiger charge is -2.11. The summed E-state index contributed by atoms with van der Waals surface area (Å²) in [7, 11) is 0. The monoisotopic (exact) mass is 397 g/mol. The molecule has 2 atom stereocenters. The highest BCUT2D eigenvalue weighted by molar-refractivity contribution is 5.78. The van der Waals surface area contributed by atoms with E-state index in [1.54, 1.807) is 6.20 Å². The lowest BCUT2D eigenvalue weighted by molar-refractivity contribution is 0.282. The maximum atomic E-state index is 9.27. The van der Waals surface area contributed by atoms with Crippen LogP contribution in [0.1, 0.15) is 29.4 Å². The molecule has 2 aromatic heterocycles. The Morgan fingerprint density at radius 1 is 1.00 bits per heavy atom. The second kappa shape index (κ2) is 7.84. The molecule has 1 fully saturated rings. The van der Waals surface area contributed by atoms with E-state index < -0.39 is 0 Å². The number of para-hydroxylation sites is 1. The van der Waals surface area contributed by atoms with E-state index >= 15 is 0 Å². The lowest BCUT2D eigenvalue weighted by Crippen LogP contribution is -2.05. The van der Waals surface area contributed by atoms with Gasteiger partial charge in [-0.25, -0.2) is 4.98 Å². The van der Waals surface area contributed by atoms with Crippen molar-refractivity contribution in [3.63, 3.8) is 0 Å². The van der Waals surface area contributed by atoms with Gasteiger partial charge in [-0.15, -0.1) is 0 Å². The van der Waals surface area contributed by atoms with E-state index in [9.17, 15) is 5.11 Å². The molecule has 5 nitrogen and oxygen atoms in total. The van der Waals surface area contributed by atoms with E-state index in [4.69, 9.17) is 9.72 Å². The second-order valence-electron chi connectivity index (χ2n) is 7.83. The van der Waals surface area contributed by atoms with Gasteiger partial charge in [-0.05, 0) is 36.6 Å². The van der Waals surface area contributed by atoms with Crippen LogP contribution in [0.2, 0.25) is 0 Å². The van der Waals surface area contributed by atoms with Gasteiger partial charge < -0.3 is 9.84 Å². The van der Waals surface area contributed by atoms with Crippen molar-refractivity contribution in [2.45, 2.75) is 25.9 Å². The Morgan fingerprint density at radius 2 is 1.83 bits per heavy atom. The van der Waals surface area contributed by atoms with Gasteiger partial charge in [0.1, 0.15) is 5.82 Å². The number of hydrogen-bond donors (Lipinski definition) is 1. The molecule has 1 saturated carbocycles. The highest BCUT2D eigenvalue weighted by Gasteiger charge is 2.40. The molecule has 0 unspecified atom stereocenters. The van der Waals surface area contributed by atoms with Crippen LogP contribution in [0.5, 0.6) is 5.88 Å². The molecule has 0 saturated heterocycles. The van der Waals surface area contributed by atoms with Crippen LogP contribution in [-0.4, -0.2) is 26.7 Å². The van der Waals surface area contributed by atoms with E-state index in [1.165, 1.54) is 5.39 Å². The van der Waals surface area contributed by atoms with Crippen molar-refractivity contribution in [1.29, 1.82) is 0 Å². The minimum Gasteiger partial charge on any atom is -0.477 e. The fraction of sp³-hybridized carbons (Fsp3) is 0.240. The fourth-order valence-corrected chi connectivity index (χ4v) is 3.82. The largest absolute Gasteiger partial charge is 0.477 e. The third-order valence-electron chi connectivity index (χ3n) is 5.68. The summed E-state index contributed by atoms with van der Waals surface area (Å²) in [5, 5.41) is 10.4. The van der Waals surface area contributed by atoms with Gasteiger partial charge in [0.2, 0.25) is 5.88 Å². The van der Waals surface area contributed by atoms with Crippen LogP contribution in [0, 0.1) is 12.8 Å². The fourth-order valence-electron chi connectivity index (χ4n) is 3.82. The zero-order valence-electron chi connectivity index (χ0n) is 16.8. The van der Waals surface area contributed by atoms with Crippen LogP contribution in [-0.2, 0) is 6.61 Å². The predicted molar refractivity (Wildman–Crippen MR) is 116 cm³/mol. The van der Waals surface area contributed by atoms with Crippen LogP contribution >= 0.6 is 0 Å². The minimum absolute atomic E-state index is 0.0277. The van der Waals surface area contributed by atoms with Gasteiger partial charge in [-0.2, -0.15) is 4.98 Å². The number of rotatable bonds is 6. The average molecular weight is 397 g/mol. The maximum absolute atomic E-state index is 9.27. The number of aliphatic hydroxyl groups is 1.